The summed E-state index contributed by atoms with van der Waals surface area (Å²) in [7, 11) is 0. The smallest absolute Gasteiger partial charge is 0.0514 e. The number of rotatable bonds is 4. The molecule has 0 aromatic heterocycles. The van der Waals surface area contributed by atoms with Gasteiger partial charge in [-0.05, 0) is 52.9 Å². The molecule has 1 aromatic carbocycles. The average molecular weight is 404 g/mol. The van der Waals surface area contributed by atoms with Gasteiger partial charge in [-0.2, -0.15) is 0 Å². The summed E-state index contributed by atoms with van der Waals surface area (Å²) < 4.78 is 2.30. The Hall–Kier alpha value is -0.0600. The second-order valence-corrected chi connectivity index (χ2v) is 7.81. The quantitative estimate of drug-likeness (QED) is 0.775. The normalized spacial score (nSPS) is 23.4. The van der Waals surface area contributed by atoms with E-state index in [1.54, 1.807) is 0 Å². The summed E-state index contributed by atoms with van der Waals surface area (Å²) >= 11 is 7.25. The first-order valence-corrected chi connectivity index (χ1v) is 9.05. The Morgan fingerprint density at radius 2 is 2.10 bits per heavy atom. The van der Waals surface area contributed by atoms with Crippen molar-refractivity contribution >= 4 is 37.5 Å². The fourth-order valence-electron chi connectivity index (χ4n) is 2.96. The van der Waals surface area contributed by atoms with Crippen molar-refractivity contribution in [1.29, 1.82) is 0 Å². The molecule has 0 amide bonds. The van der Waals surface area contributed by atoms with Crippen LogP contribution in [0.5, 0.6) is 0 Å². The van der Waals surface area contributed by atoms with Gasteiger partial charge in [-0.25, -0.2) is 0 Å². The van der Waals surface area contributed by atoms with Crippen LogP contribution < -0.4 is 10.2 Å². The highest BCUT2D eigenvalue weighted by Gasteiger charge is 2.28. The van der Waals surface area contributed by atoms with E-state index in [1.165, 1.54) is 23.0 Å². The molecule has 1 aromatic rings. The van der Waals surface area contributed by atoms with E-state index in [9.17, 15) is 0 Å². The van der Waals surface area contributed by atoms with E-state index in [4.69, 9.17) is 0 Å². The predicted octanol–water partition coefficient (Wildman–Crippen LogP) is 4.81. The number of hydrogen-bond acceptors (Lipinski definition) is 2. The zero-order valence-electron chi connectivity index (χ0n) is 12.5. The Labute approximate surface area is 139 Å². The predicted molar refractivity (Wildman–Crippen MR) is 94.5 cm³/mol. The van der Waals surface area contributed by atoms with Crippen molar-refractivity contribution < 1.29 is 0 Å². The van der Waals surface area contributed by atoms with Crippen LogP contribution in [-0.2, 0) is 0 Å². The van der Waals surface area contributed by atoms with Crippen molar-refractivity contribution in [2.45, 2.75) is 45.7 Å². The molecule has 1 heterocycles. The summed E-state index contributed by atoms with van der Waals surface area (Å²) in [4.78, 5) is 2.57. The van der Waals surface area contributed by atoms with Gasteiger partial charge in [-0.15, -0.1) is 0 Å². The maximum atomic E-state index is 3.72. The first kappa shape index (κ1) is 16.3. The van der Waals surface area contributed by atoms with Crippen molar-refractivity contribution in [1.82, 2.24) is 5.32 Å². The minimum Gasteiger partial charge on any atom is -0.365 e. The van der Waals surface area contributed by atoms with Crippen LogP contribution in [0.4, 0.5) is 5.69 Å². The summed E-state index contributed by atoms with van der Waals surface area (Å²) in [6.45, 7) is 9.04. The lowest BCUT2D eigenvalue weighted by Gasteiger charge is -2.42. The monoisotopic (exact) mass is 402 g/mol. The number of halogens is 2. The molecule has 112 valence electrons. The average Bonchev–Trinajstić information content (AvgIpc) is 2.38. The number of benzene rings is 1. The van der Waals surface area contributed by atoms with Crippen molar-refractivity contribution in [2.24, 2.45) is 5.92 Å². The van der Waals surface area contributed by atoms with Gasteiger partial charge in [0.05, 0.1) is 5.69 Å². The van der Waals surface area contributed by atoms with E-state index < -0.39 is 0 Å². The topological polar surface area (TPSA) is 15.3 Å². The second-order valence-electron chi connectivity index (χ2n) is 6.04. The largest absolute Gasteiger partial charge is 0.365 e. The van der Waals surface area contributed by atoms with Crippen molar-refractivity contribution in [3.63, 3.8) is 0 Å². The standard InChI is InChI=1S/C16H24Br2N2/c1-4-14-9-19-13(7-11(2)3)10-20(14)16-6-5-12(17)8-15(16)18/h5-6,8,11,13-14,19H,4,7,9-10H2,1-3H3. The third kappa shape index (κ3) is 3.99. The third-order valence-corrected chi connectivity index (χ3v) is 5.07. The molecule has 0 aliphatic carbocycles. The lowest BCUT2D eigenvalue weighted by Crippen LogP contribution is -2.56. The first-order valence-electron chi connectivity index (χ1n) is 7.46. The van der Waals surface area contributed by atoms with Crippen molar-refractivity contribution in [2.75, 3.05) is 18.0 Å². The van der Waals surface area contributed by atoms with E-state index in [2.05, 4.69) is 81.0 Å². The van der Waals surface area contributed by atoms with Crippen molar-refractivity contribution in [3.05, 3.63) is 27.1 Å². The maximum absolute atomic E-state index is 3.72. The molecule has 4 heteroatoms. The van der Waals surface area contributed by atoms with Gasteiger partial charge in [0.2, 0.25) is 0 Å². The van der Waals surface area contributed by atoms with Crippen LogP contribution in [0.2, 0.25) is 0 Å². The summed E-state index contributed by atoms with van der Waals surface area (Å²) in [5.74, 6) is 0.737. The molecule has 1 aliphatic heterocycles. The molecule has 2 nitrogen and oxygen atoms in total. The van der Waals surface area contributed by atoms with E-state index in [0.29, 0.717) is 12.1 Å². The van der Waals surface area contributed by atoms with Crippen LogP contribution in [0.25, 0.3) is 0 Å². The highest BCUT2D eigenvalue weighted by Crippen LogP contribution is 2.32. The molecule has 1 N–H and O–H groups in total. The Morgan fingerprint density at radius 1 is 1.35 bits per heavy atom. The minimum atomic E-state index is 0.580. The van der Waals surface area contributed by atoms with Crippen LogP contribution in [0, 0.1) is 5.92 Å². The molecular weight excluding hydrogens is 380 g/mol. The molecule has 20 heavy (non-hydrogen) atoms. The first-order chi connectivity index (χ1) is 9.51. The molecule has 1 saturated heterocycles. The Bertz CT molecular complexity index is 448. The van der Waals surface area contributed by atoms with Gasteiger partial charge in [0.15, 0.2) is 0 Å². The fraction of sp³-hybridized carbons (Fsp3) is 0.625. The number of nitrogens with one attached hydrogen (secondary N) is 1. The van der Waals surface area contributed by atoms with Gasteiger partial charge in [0.1, 0.15) is 0 Å². The van der Waals surface area contributed by atoms with E-state index in [0.717, 1.165) is 23.5 Å². The summed E-state index contributed by atoms with van der Waals surface area (Å²) in [5, 5.41) is 3.72. The molecule has 2 unspecified atom stereocenters. The van der Waals surface area contributed by atoms with E-state index in [1.807, 2.05) is 0 Å². The lowest BCUT2D eigenvalue weighted by molar-refractivity contribution is 0.343. The van der Waals surface area contributed by atoms with Gasteiger partial charge >= 0.3 is 0 Å². The highest BCUT2D eigenvalue weighted by molar-refractivity contribution is 9.11. The van der Waals surface area contributed by atoms with Crippen LogP contribution >= 0.6 is 31.9 Å². The number of hydrogen-bond donors (Lipinski definition) is 1. The molecule has 1 aliphatic rings. The molecule has 0 spiro atoms. The lowest BCUT2D eigenvalue weighted by atomic mass is 9.98. The van der Waals surface area contributed by atoms with Gasteiger partial charge in [0.25, 0.3) is 0 Å². The summed E-state index contributed by atoms with van der Waals surface area (Å²) in [6, 6.07) is 7.66. The van der Waals surface area contributed by atoms with Crippen LogP contribution in [0.1, 0.15) is 33.6 Å². The van der Waals surface area contributed by atoms with Gasteiger partial charge < -0.3 is 10.2 Å². The van der Waals surface area contributed by atoms with Crippen LogP contribution in [-0.4, -0.2) is 25.2 Å². The Kier molecular flexibility index (Phi) is 5.94. The molecular formula is C16H24Br2N2. The minimum absolute atomic E-state index is 0.580. The van der Waals surface area contributed by atoms with Gasteiger partial charge in [-0.3, -0.25) is 0 Å². The zero-order valence-corrected chi connectivity index (χ0v) is 15.7. The second kappa shape index (κ2) is 7.28. The van der Waals surface area contributed by atoms with Gasteiger partial charge in [-0.1, -0.05) is 36.7 Å². The third-order valence-electron chi connectivity index (χ3n) is 3.95. The molecule has 1 fully saturated rings. The molecule has 0 radical (unpaired) electrons. The Morgan fingerprint density at radius 3 is 2.70 bits per heavy atom. The molecule has 0 saturated carbocycles. The summed E-state index contributed by atoms with van der Waals surface area (Å²) in [5.41, 5.74) is 1.32. The molecule has 2 atom stereocenters. The number of nitrogens with zero attached hydrogens (tertiary/aromatic N) is 1. The van der Waals surface area contributed by atoms with Crippen molar-refractivity contribution in [3.8, 4) is 0 Å². The SMILES string of the molecule is CCC1CNC(CC(C)C)CN1c1ccc(Br)cc1Br. The number of anilines is 1. The van der Waals surface area contributed by atoms with Gasteiger partial charge in [0, 0.05) is 34.1 Å². The summed E-state index contributed by atoms with van der Waals surface area (Å²) in [6.07, 6.45) is 2.41. The number of piperazine rings is 1. The Balaban J connectivity index is 2.20. The van der Waals surface area contributed by atoms with E-state index in [-0.39, 0.29) is 0 Å². The fourth-order valence-corrected chi connectivity index (χ4v) is 4.24. The zero-order chi connectivity index (χ0) is 14.7. The van der Waals surface area contributed by atoms with Crippen LogP contribution in [0.3, 0.4) is 0 Å². The highest BCUT2D eigenvalue weighted by atomic mass is 79.9. The molecule has 0 bridgehead atoms. The van der Waals surface area contributed by atoms with Crippen LogP contribution in [0.15, 0.2) is 27.1 Å². The maximum Gasteiger partial charge on any atom is 0.0514 e. The van der Waals surface area contributed by atoms with E-state index >= 15 is 0 Å². The molecule has 2 rings (SSSR count).